The van der Waals surface area contributed by atoms with Crippen molar-refractivity contribution < 1.29 is 0 Å². The van der Waals surface area contributed by atoms with Crippen molar-refractivity contribution in [1.29, 1.82) is 0 Å². The van der Waals surface area contributed by atoms with Crippen LogP contribution in [0.5, 0.6) is 0 Å². The molecule has 2 aliphatic rings. The maximum absolute atomic E-state index is 4.78. The van der Waals surface area contributed by atoms with Gasteiger partial charge in [-0.2, -0.15) is 11.3 Å². The van der Waals surface area contributed by atoms with Gasteiger partial charge in [0.1, 0.15) is 0 Å². The molecule has 2 nitrogen and oxygen atoms in total. The molecule has 2 heterocycles. The van der Waals surface area contributed by atoms with E-state index in [2.05, 4.69) is 29.9 Å². The molecule has 1 aromatic heterocycles. The maximum atomic E-state index is 4.78. The average Bonchev–Trinajstić information content (AvgIpc) is 2.94. The highest BCUT2D eigenvalue weighted by atomic mass is 32.2. The van der Waals surface area contributed by atoms with Gasteiger partial charge in [-0.1, -0.05) is 31.5 Å². The molecular formula is C15H22N2S2. The number of hydrogen-bond donors (Lipinski definition) is 1. The highest BCUT2D eigenvalue weighted by Crippen LogP contribution is 2.38. The first kappa shape index (κ1) is 13.5. The molecule has 0 amide bonds. The fourth-order valence-electron chi connectivity index (χ4n) is 3.20. The molecule has 1 aliphatic heterocycles. The van der Waals surface area contributed by atoms with Crippen LogP contribution >= 0.6 is 23.1 Å². The second-order valence-corrected chi connectivity index (χ2v) is 7.80. The Morgan fingerprint density at radius 3 is 3.11 bits per heavy atom. The van der Waals surface area contributed by atoms with E-state index in [0.717, 1.165) is 12.5 Å². The fourth-order valence-corrected chi connectivity index (χ4v) is 5.24. The number of thioether (sulfide) groups is 1. The summed E-state index contributed by atoms with van der Waals surface area (Å²) in [5.41, 5.74) is 3.10. The molecule has 1 N–H and O–H groups in total. The molecule has 19 heavy (non-hydrogen) atoms. The Kier molecular flexibility index (Phi) is 3.90. The lowest BCUT2D eigenvalue weighted by Gasteiger charge is -2.36. The lowest BCUT2D eigenvalue weighted by Crippen LogP contribution is -2.47. The number of aliphatic imine (C=N–C) groups is 1. The molecular weight excluding hydrogens is 272 g/mol. The summed E-state index contributed by atoms with van der Waals surface area (Å²) in [6.07, 6.45) is 5.40. The average molecular weight is 294 g/mol. The summed E-state index contributed by atoms with van der Waals surface area (Å²) in [5, 5.41) is 9.32. The minimum atomic E-state index is 0.352. The van der Waals surface area contributed by atoms with E-state index in [9.17, 15) is 0 Å². The quantitative estimate of drug-likeness (QED) is 0.884. The molecule has 104 valence electrons. The Hall–Kier alpha value is -0.480. The highest BCUT2D eigenvalue weighted by Gasteiger charge is 2.40. The summed E-state index contributed by atoms with van der Waals surface area (Å²) in [5.74, 6) is 2.07. The van der Waals surface area contributed by atoms with Crippen LogP contribution < -0.4 is 5.32 Å². The number of amidine groups is 1. The molecule has 2 atom stereocenters. The lowest BCUT2D eigenvalue weighted by atomic mass is 9.78. The summed E-state index contributed by atoms with van der Waals surface area (Å²) in [7, 11) is 0. The van der Waals surface area contributed by atoms with Crippen LogP contribution in [0.25, 0.3) is 0 Å². The second-order valence-electron chi connectivity index (χ2n) is 6.10. The number of rotatable bonds is 2. The van der Waals surface area contributed by atoms with Gasteiger partial charge in [0.2, 0.25) is 0 Å². The molecule has 1 aromatic rings. The SMILES string of the molecule is Cc1cscc1CN=C1NC2(CCCC(C)C2)CS1. The van der Waals surface area contributed by atoms with Crippen molar-refractivity contribution in [2.75, 3.05) is 5.75 Å². The molecule has 3 rings (SSSR count). The normalized spacial score (nSPS) is 32.9. The topological polar surface area (TPSA) is 24.4 Å². The Morgan fingerprint density at radius 1 is 1.47 bits per heavy atom. The molecule has 0 aromatic carbocycles. The van der Waals surface area contributed by atoms with E-state index < -0.39 is 0 Å². The fraction of sp³-hybridized carbons (Fsp3) is 0.667. The largest absolute Gasteiger partial charge is 0.359 e. The smallest absolute Gasteiger partial charge is 0.157 e. The Balaban J connectivity index is 1.64. The Morgan fingerprint density at radius 2 is 2.37 bits per heavy atom. The van der Waals surface area contributed by atoms with Crippen LogP contribution in [-0.4, -0.2) is 16.5 Å². The van der Waals surface area contributed by atoms with E-state index >= 15 is 0 Å². The Bertz CT molecular complexity index is 480. The number of nitrogens with one attached hydrogen (secondary N) is 1. The third kappa shape index (κ3) is 3.00. The van der Waals surface area contributed by atoms with E-state index in [1.165, 1.54) is 47.7 Å². The molecule has 4 heteroatoms. The third-order valence-corrected chi connectivity index (χ3v) is 6.42. The molecule has 1 saturated carbocycles. The molecule has 0 bridgehead atoms. The van der Waals surface area contributed by atoms with E-state index in [4.69, 9.17) is 4.99 Å². The minimum Gasteiger partial charge on any atom is -0.359 e. The monoisotopic (exact) mass is 294 g/mol. The molecule has 2 fully saturated rings. The van der Waals surface area contributed by atoms with Crippen molar-refractivity contribution >= 4 is 28.3 Å². The van der Waals surface area contributed by atoms with Gasteiger partial charge in [0, 0.05) is 11.3 Å². The number of aryl methyl sites for hydroxylation is 1. The van der Waals surface area contributed by atoms with Gasteiger partial charge >= 0.3 is 0 Å². The van der Waals surface area contributed by atoms with Crippen molar-refractivity contribution in [3.63, 3.8) is 0 Å². The molecule has 0 radical (unpaired) electrons. The van der Waals surface area contributed by atoms with Gasteiger partial charge in [0.15, 0.2) is 5.17 Å². The van der Waals surface area contributed by atoms with E-state index in [0.29, 0.717) is 5.54 Å². The van der Waals surface area contributed by atoms with Gasteiger partial charge in [-0.25, -0.2) is 0 Å². The van der Waals surface area contributed by atoms with Crippen molar-refractivity contribution in [2.45, 2.75) is 51.6 Å². The van der Waals surface area contributed by atoms with Gasteiger partial charge < -0.3 is 5.32 Å². The van der Waals surface area contributed by atoms with Gasteiger partial charge in [-0.3, -0.25) is 4.99 Å². The van der Waals surface area contributed by atoms with Gasteiger partial charge in [-0.05, 0) is 47.6 Å². The first-order valence-corrected chi connectivity index (χ1v) is 9.07. The third-order valence-electron chi connectivity index (χ3n) is 4.30. The molecule has 1 spiro atoms. The van der Waals surface area contributed by atoms with Crippen LogP contribution in [0.2, 0.25) is 0 Å². The van der Waals surface area contributed by atoms with E-state index in [1.54, 1.807) is 11.3 Å². The van der Waals surface area contributed by atoms with Crippen LogP contribution in [0.3, 0.4) is 0 Å². The highest BCUT2D eigenvalue weighted by molar-refractivity contribution is 8.14. The second kappa shape index (κ2) is 5.49. The summed E-state index contributed by atoms with van der Waals surface area (Å²) in [6, 6.07) is 0. The summed E-state index contributed by atoms with van der Waals surface area (Å²) >= 11 is 3.69. The summed E-state index contributed by atoms with van der Waals surface area (Å²) < 4.78 is 0. The van der Waals surface area contributed by atoms with Gasteiger partial charge in [0.05, 0.1) is 6.54 Å². The molecule has 2 unspecified atom stereocenters. The van der Waals surface area contributed by atoms with Crippen LogP contribution in [0, 0.1) is 12.8 Å². The van der Waals surface area contributed by atoms with Crippen LogP contribution in [-0.2, 0) is 6.54 Å². The maximum Gasteiger partial charge on any atom is 0.157 e. The van der Waals surface area contributed by atoms with Crippen molar-refractivity contribution in [2.24, 2.45) is 10.9 Å². The van der Waals surface area contributed by atoms with Gasteiger partial charge in [0.25, 0.3) is 0 Å². The number of thiophene rings is 1. The first-order chi connectivity index (χ1) is 9.17. The molecule has 1 saturated heterocycles. The predicted molar refractivity (Wildman–Crippen MR) is 86.2 cm³/mol. The van der Waals surface area contributed by atoms with Crippen LogP contribution in [0.4, 0.5) is 0 Å². The first-order valence-electron chi connectivity index (χ1n) is 7.14. The van der Waals surface area contributed by atoms with Gasteiger partial charge in [-0.15, -0.1) is 0 Å². The van der Waals surface area contributed by atoms with E-state index in [-0.39, 0.29) is 0 Å². The molecule has 1 aliphatic carbocycles. The van der Waals surface area contributed by atoms with Crippen molar-refractivity contribution in [1.82, 2.24) is 5.32 Å². The lowest BCUT2D eigenvalue weighted by molar-refractivity contribution is 0.242. The number of nitrogens with zero attached hydrogens (tertiary/aromatic N) is 1. The summed E-state index contributed by atoms with van der Waals surface area (Å²) in [4.78, 5) is 4.78. The van der Waals surface area contributed by atoms with Crippen molar-refractivity contribution in [3.05, 3.63) is 21.9 Å². The zero-order chi connectivity index (χ0) is 13.3. The van der Waals surface area contributed by atoms with Crippen LogP contribution in [0.1, 0.15) is 43.7 Å². The predicted octanol–water partition coefficient (Wildman–Crippen LogP) is 4.20. The standard InChI is InChI=1S/C15H22N2S2/c1-11-4-3-5-15(6-11)10-19-14(17-15)16-7-13-9-18-8-12(13)2/h8-9,11H,3-7,10H2,1-2H3,(H,16,17). The zero-order valence-electron chi connectivity index (χ0n) is 11.7. The van der Waals surface area contributed by atoms with Crippen molar-refractivity contribution in [3.8, 4) is 0 Å². The number of hydrogen-bond acceptors (Lipinski definition) is 3. The van der Waals surface area contributed by atoms with Crippen LogP contribution in [0.15, 0.2) is 15.8 Å². The van der Waals surface area contributed by atoms with E-state index in [1.807, 2.05) is 11.8 Å². The Labute approximate surface area is 124 Å². The minimum absolute atomic E-state index is 0.352. The zero-order valence-corrected chi connectivity index (χ0v) is 13.4. The summed E-state index contributed by atoms with van der Waals surface area (Å²) in [6.45, 7) is 5.39.